The largest absolute Gasteiger partial charge is 0.339 e. The van der Waals surface area contributed by atoms with Gasteiger partial charge in [0.05, 0.1) is 5.69 Å². The summed E-state index contributed by atoms with van der Waals surface area (Å²) in [5.41, 5.74) is 1.22. The summed E-state index contributed by atoms with van der Waals surface area (Å²) in [6.07, 6.45) is 0. The van der Waals surface area contributed by atoms with Gasteiger partial charge in [-0.3, -0.25) is 9.59 Å². The Morgan fingerprint density at radius 3 is 2.48 bits per heavy atom. The summed E-state index contributed by atoms with van der Waals surface area (Å²) >= 11 is 1.02. The third kappa shape index (κ3) is 4.32. The smallest absolute Gasteiger partial charge is 0.286 e. The summed E-state index contributed by atoms with van der Waals surface area (Å²) in [6.45, 7) is 1.63. The first-order chi connectivity index (χ1) is 10.9. The third-order valence-corrected chi connectivity index (χ3v) is 4.25. The van der Waals surface area contributed by atoms with E-state index in [-0.39, 0.29) is 10.8 Å². The van der Waals surface area contributed by atoms with Gasteiger partial charge in [-0.15, -0.1) is 0 Å². The Hall–Kier alpha value is -2.34. The van der Waals surface area contributed by atoms with Crippen LogP contribution >= 0.6 is 11.8 Å². The van der Waals surface area contributed by atoms with E-state index in [0.717, 1.165) is 11.8 Å². The number of halogens is 1. The van der Waals surface area contributed by atoms with Crippen molar-refractivity contribution in [1.82, 2.24) is 4.90 Å². The summed E-state index contributed by atoms with van der Waals surface area (Å²) in [5, 5.41) is 2.58. The molecule has 0 aromatic heterocycles. The number of amides is 2. The van der Waals surface area contributed by atoms with Crippen molar-refractivity contribution >= 4 is 28.6 Å². The molecule has 23 heavy (non-hydrogen) atoms. The van der Waals surface area contributed by atoms with Gasteiger partial charge < -0.3 is 10.2 Å². The summed E-state index contributed by atoms with van der Waals surface area (Å²) in [5.74, 6) is -0.850. The molecule has 0 radical (unpaired) electrons. The Balaban J connectivity index is 2.21. The summed E-state index contributed by atoms with van der Waals surface area (Å²) < 4.78 is 13.6. The highest BCUT2D eigenvalue weighted by atomic mass is 32.2. The maximum atomic E-state index is 13.6. The van der Waals surface area contributed by atoms with Gasteiger partial charge >= 0.3 is 0 Å². The van der Waals surface area contributed by atoms with Gasteiger partial charge in [0.1, 0.15) is 5.82 Å². The summed E-state index contributed by atoms with van der Waals surface area (Å²) in [6, 6.07) is 11.3. The standard InChI is InChI=1S/C17H17FN2O2S/c1-11-8-9-12(10-13(11)18)16(21)19-14-6-4-5-7-15(14)23-17(22)20(2)3/h4-10H,1-3H3,(H,19,21). The van der Waals surface area contributed by atoms with Gasteiger partial charge in [-0.1, -0.05) is 18.2 Å². The molecule has 0 bridgehead atoms. The average molecular weight is 332 g/mol. The maximum absolute atomic E-state index is 13.6. The quantitative estimate of drug-likeness (QED) is 0.859. The molecule has 2 rings (SSSR count). The first kappa shape index (κ1) is 17.0. The number of nitrogens with zero attached hydrogens (tertiary/aromatic N) is 1. The lowest BCUT2D eigenvalue weighted by atomic mass is 10.1. The second-order valence-corrected chi connectivity index (χ2v) is 6.17. The molecule has 0 spiro atoms. The molecule has 0 saturated heterocycles. The van der Waals surface area contributed by atoms with E-state index < -0.39 is 11.7 Å². The lowest BCUT2D eigenvalue weighted by molar-refractivity contribution is 0.102. The lowest BCUT2D eigenvalue weighted by Crippen LogP contribution is -2.17. The topological polar surface area (TPSA) is 49.4 Å². The normalized spacial score (nSPS) is 10.3. The second-order valence-electron chi connectivity index (χ2n) is 5.18. The number of carbonyl (C=O) groups is 2. The highest BCUT2D eigenvalue weighted by Crippen LogP contribution is 2.29. The minimum absolute atomic E-state index is 0.145. The van der Waals surface area contributed by atoms with Crippen LogP contribution in [0.5, 0.6) is 0 Å². The number of hydrogen-bond acceptors (Lipinski definition) is 3. The van der Waals surface area contributed by atoms with E-state index in [2.05, 4.69) is 5.32 Å². The van der Waals surface area contributed by atoms with Crippen molar-refractivity contribution in [1.29, 1.82) is 0 Å². The average Bonchev–Trinajstić information content (AvgIpc) is 2.51. The predicted octanol–water partition coefficient (Wildman–Crippen LogP) is 4.16. The van der Waals surface area contributed by atoms with Crippen LogP contribution in [0.15, 0.2) is 47.4 Å². The zero-order chi connectivity index (χ0) is 17.0. The second kappa shape index (κ2) is 7.28. The molecule has 0 atom stereocenters. The zero-order valence-electron chi connectivity index (χ0n) is 13.1. The van der Waals surface area contributed by atoms with E-state index >= 15 is 0 Å². The van der Waals surface area contributed by atoms with Crippen molar-refractivity contribution in [2.75, 3.05) is 19.4 Å². The lowest BCUT2D eigenvalue weighted by Gasteiger charge is -2.13. The van der Waals surface area contributed by atoms with E-state index in [1.807, 2.05) is 0 Å². The van der Waals surface area contributed by atoms with Gasteiger partial charge in [0.25, 0.3) is 11.1 Å². The van der Waals surface area contributed by atoms with E-state index in [9.17, 15) is 14.0 Å². The minimum Gasteiger partial charge on any atom is -0.339 e. The van der Waals surface area contributed by atoms with E-state index in [1.54, 1.807) is 57.4 Å². The molecule has 0 aliphatic carbocycles. The zero-order valence-corrected chi connectivity index (χ0v) is 13.9. The number of para-hydroxylation sites is 1. The van der Waals surface area contributed by atoms with Gasteiger partial charge in [-0.2, -0.15) is 0 Å². The van der Waals surface area contributed by atoms with Crippen LogP contribution in [0.2, 0.25) is 0 Å². The van der Waals surface area contributed by atoms with E-state index in [1.165, 1.54) is 11.0 Å². The fraction of sp³-hybridized carbons (Fsp3) is 0.176. The number of thioether (sulfide) groups is 1. The third-order valence-electron chi connectivity index (χ3n) is 3.13. The molecule has 6 heteroatoms. The number of carbonyl (C=O) groups excluding carboxylic acids is 2. The minimum atomic E-state index is -0.428. The molecule has 0 unspecified atom stereocenters. The van der Waals surface area contributed by atoms with Gasteiger partial charge in [-0.05, 0) is 48.5 Å². The molecule has 2 aromatic carbocycles. The molecule has 2 amide bonds. The van der Waals surface area contributed by atoms with Gasteiger partial charge in [0, 0.05) is 24.6 Å². The molecular weight excluding hydrogens is 315 g/mol. The summed E-state index contributed by atoms with van der Waals surface area (Å²) in [4.78, 5) is 26.2. The highest BCUT2D eigenvalue weighted by Gasteiger charge is 2.14. The summed E-state index contributed by atoms with van der Waals surface area (Å²) in [7, 11) is 3.32. The number of benzene rings is 2. The van der Waals surface area contributed by atoms with Crippen LogP contribution in [-0.4, -0.2) is 30.1 Å². The fourth-order valence-electron chi connectivity index (χ4n) is 1.77. The molecular formula is C17H17FN2O2S. The SMILES string of the molecule is Cc1ccc(C(=O)Nc2ccccc2SC(=O)N(C)C)cc1F. The Morgan fingerprint density at radius 2 is 1.83 bits per heavy atom. The van der Waals surface area contributed by atoms with Crippen molar-refractivity contribution in [3.8, 4) is 0 Å². The van der Waals surface area contributed by atoms with Gasteiger partial charge in [0.15, 0.2) is 0 Å². The van der Waals surface area contributed by atoms with E-state index in [4.69, 9.17) is 0 Å². The maximum Gasteiger partial charge on any atom is 0.286 e. The number of hydrogen-bond donors (Lipinski definition) is 1. The van der Waals surface area contributed by atoms with E-state index in [0.29, 0.717) is 16.1 Å². The van der Waals surface area contributed by atoms with Gasteiger partial charge in [0.2, 0.25) is 0 Å². The van der Waals surface area contributed by atoms with Gasteiger partial charge in [-0.25, -0.2) is 4.39 Å². The molecule has 4 nitrogen and oxygen atoms in total. The van der Waals surface area contributed by atoms with Crippen molar-refractivity contribution in [3.05, 3.63) is 59.4 Å². The highest BCUT2D eigenvalue weighted by molar-refractivity contribution is 8.13. The Morgan fingerprint density at radius 1 is 1.13 bits per heavy atom. The van der Waals surface area contributed by atoms with Crippen molar-refractivity contribution < 1.29 is 14.0 Å². The van der Waals surface area contributed by atoms with Crippen LogP contribution in [0.1, 0.15) is 15.9 Å². The number of anilines is 1. The van der Waals surface area contributed by atoms with Crippen LogP contribution in [0, 0.1) is 12.7 Å². The Bertz CT molecular complexity index is 747. The van der Waals surface area contributed by atoms with Crippen LogP contribution < -0.4 is 5.32 Å². The molecule has 0 heterocycles. The molecule has 1 N–H and O–H groups in total. The fourth-order valence-corrected chi connectivity index (χ4v) is 2.52. The van der Waals surface area contributed by atoms with Crippen LogP contribution in [0.3, 0.4) is 0 Å². The molecule has 2 aromatic rings. The van der Waals surface area contributed by atoms with Crippen molar-refractivity contribution in [2.45, 2.75) is 11.8 Å². The molecule has 0 aliphatic rings. The van der Waals surface area contributed by atoms with Crippen LogP contribution in [-0.2, 0) is 0 Å². The molecule has 0 saturated carbocycles. The number of aryl methyl sites for hydroxylation is 1. The Labute approximate surface area is 138 Å². The van der Waals surface area contributed by atoms with Crippen LogP contribution in [0.4, 0.5) is 14.9 Å². The number of rotatable bonds is 3. The first-order valence-corrected chi connectivity index (χ1v) is 7.76. The number of nitrogens with one attached hydrogen (secondary N) is 1. The molecule has 0 fully saturated rings. The molecule has 120 valence electrons. The first-order valence-electron chi connectivity index (χ1n) is 6.94. The van der Waals surface area contributed by atoms with Crippen LogP contribution in [0.25, 0.3) is 0 Å². The Kier molecular flexibility index (Phi) is 5.39. The molecule has 0 aliphatic heterocycles. The van der Waals surface area contributed by atoms with Crippen molar-refractivity contribution in [2.24, 2.45) is 0 Å². The predicted molar refractivity (Wildman–Crippen MR) is 90.5 cm³/mol. The monoisotopic (exact) mass is 332 g/mol. The van der Waals surface area contributed by atoms with Crippen molar-refractivity contribution in [3.63, 3.8) is 0 Å².